The van der Waals surface area contributed by atoms with Gasteiger partial charge in [0, 0.05) is 17.5 Å². The standard InChI is InChI=1S/C15H25N3S.ClH/c1-11-15(19-12(2)17-11)10-18-8-5-13(6-9-18)14-4-3-7-16-14;/h13-14,16H,3-10H2,1-2H3;1H. The number of aryl methyl sites for hydroxylation is 2. The smallest absolute Gasteiger partial charge is 0.0900 e. The minimum absolute atomic E-state index is 0. The van der Waals surface area contributed by atoms with E-state index in [0.29, 0.717) is 0 Å². The Kier molecular flexibility index (Phi) is 5.84. The topological polar surface area (TPSA) is 28.2 Å². The van der Waals surface area contributed by atoms with Crippen molar-refractivity contribution in [2.24, 2.45) is 5.92 Å². The number of nitrogens with zero attached hydrogens (tertiary/aromatic N) is 2. The summed E-state index contributed by atoms with van der Waals surface area (Å²) in [7, 11) is 0. The van der Waals surface area contributed by atoms with Gasteiger partial charge in [0.15, 0.2) is 0 Å². The molecular weight excluding hydrogens is 290 g/mol. The van der Waals surface area contributed by atoms with Gasteiger partial charge >= 0.3 is 0 Å². The van der Waals surface area contributed by atoms with Crippen molar-refractivity contribution in [3.63, 3.8) is 0 Å². The van der Waals surface area contributed by atoms with E-state index in [1.54, 1.807) is 0 Å². The van der Waals surface area contributed by atoms with E-state index in [2.05, 4.69) is 29.0 Å². The van der Waals surface area contributed by atoms with Crippen molar-refractivity contribution in [3.05, 3.63) is 15.6 Å². The maximum absolute atomic E-state index is 4.54. The Morgan fingerprint density at radius 3 is 2.55 bits per heavy atom. The van der Waals surface area contributed by atoms with Gasteiger partial charge < -0.3 is 5.32 Å². The van der Waals surface area contributed by atoms with Crippen molar-refractivity contribution >= 4 is 23.7 Å². The van der Waals surface area contributed by atoms with Crippen molar-refractivity contribution in [2.75, 3.05) is 19.6 Å². The second kappa shape index (κ2) is 7.21. The molecule has 0 amide bonds. The fourth-order valence-electron chi connectivity index (χ4n) is 3.55. The highest BCUT2D eigenvalue weighted by atomic mass is 35.5. The predicted molar refractivity (Wildman–Crippen MR) is 87.9 cm³/mol. The van der Waals surface area contributed by atoms with E-state index in [-0.39, 0.29) is 12.4 Å². The molecule has 1 aromatic rings. The molecule has 2 aliphatic heterocycles. The van der Waals surface area contributed by atoms with Gasteiger partial charge in [-0.3, -0.25) is 4.90 Å². The van der Waals surface area contributed by atoms with E-state index in [0.717, 1.165) is 18.5 Å². The zero-order chi connectivity index (χ0) is 13.2. The molecule has 1 N–H and O–H groups in total. The second-order valence-electron chi connectivity index (χ2n) is 6.06. The summed E-state index contributed by atoms with van der Waals surface area (Å²) >= 11 is 1.87. The number of nitrogens with one attached hydrogen (secondary N) is 1. The number of piperidine rings is 1. The molecule has 1 aromatic heterocycles. The van der Waals surface area contributed by atoms with Crippen molar-refractivity contribution in [2.45, 2.75) is 52.1 Å². The van der Waals surface area contributed by atoms with Crippen LogP contribution in [0.15, 0.2) is 0 Å². The van der Waals surface area contributed by atoms with E-state index in [9.17, 15) is 0 Å². The molecule has 2 fully saturated rings. The Bertz CT molecular complexity index is 421. The van der Waals surface area contributed by atoms with E-state index in [4.69, 9.17) is 0 Å². The summed E-state index contributed by atoms with van der Waals surface area (Å²) in [5, 5.41) is 4.88. The first kappa shape index (κ1) is 16.2. The van der Waals surface area contributed by atoms with Crippen LogP contribution in [-0.2, 0) is 6.54 Å². The van der Waals surface area contributed by atoms with Gasteiger partial charge in [-0.1, -0.05) is 0 Å². The van der Waals surface area contributed by atoms with Crippen LogP contribution in [0.25, 0.3) is 0 Å². The van der Waals surface area contributed by atoms with Crippen molar-refractivity contribution < 1.29 is 0 Å². The Balaban J connectivity index is 0.00000147. The minimum Gasteiger partial charge on any atom is -0.314 e. The first-order chi connectivity index (χ1) is 9.22. The highest BCUT2D eigenvalue weighted by Crippen LogP contribution is 2.27. The Hall–Kier alpha value is -0.160. The lowest BCUT2D eigenvalue weighted by atomic mass is 9.88. The summed E-state index contributed by atoms with van der Waals surface area (Å²) < 4.78 is 0. The predicted octanol–water partition coefficient (Wildman–Crippen LogP) is 3.15. The monoisotopic (exact) mass is 315 g/mol. The van der Waals surface area contributed by atoms with Crippen LogP contribution in [0.1, 0.15) is 41.3 Å². The van der Waals surface area contributed by atoms with E-state index in [1.807, 2.05) is 11.3 Å². The van der Waals surface area contributed by atoms with Gasteiger partial charge in [-0.25, -0.2) is 4.98 Å². The van der Waals surface area contributed by atoms with Gasteiger partial charge in [0.2, 0.25) is 0 Å². The van der Waals surface area contributed by atoms with Crippen LogP contribution in [0.4, 0.5) is 0 Å². The summed E-state index contributed by atoms with van der Waals surface area (Å²) in [5.74, 6) is 0.919. The molecule has 0 spiro atoms. The Morgan fingerprint density at radius 2 is 2.00 bits per heavy atom. The van der Waals surface area contributed by atoms with E-state index < -0.39 is 0 Å². The summed E-state index contributed by atoms with van der Waals surface area (Å²) in [4.78, 5) is 8.62. The molecule has 20 heavy (non-hydrogen) atoms. The van der Waals surface area contributed by atoms with Crippen LogP contribution < -0.4 is 5.32 Å². The molecule has 2 saturated heterocycles. The fraction of sp³-hybridized carbons (Fsp3) is 0.800. The zero-order valence-electron chi connectivity index (χ0n) is 12.5. The quantitative estimate of drug-likeness (QED) is 0.928. The number of thiazole rings is 1. The average molecular weight is 316 g/mol. The number of hydrogen-bond donors (Lipinski definition) is 1. The lowest BCUT2D eigenvalue weighted by Gasteiger charge is -2.34. The van der Waals surface area contributed by atoms with Gasteiger partial charge in [-0.15, -0.1) is 23.7 Å². The number of aromatic nitrogens is 1. The molecule has 0 radical (unpaired) electrons. The highest BCUT2D eigenvalue weighted by molar-refractivity contribution is 7.11. The lowest BCUT2D eigenvalue weighted by Crippen LogP contribution is -2.40. The molecule has 1 atom stereocenters. The molecular formula is C15H26ClN3S. The van der Waals surface area contributed by atoms with Crippen LogP contribution >= 0.6 is 23.7 Å². The van der Waals surface area contributed by atoms with Crippen molar-refractivity contribution in [1.29, 1.82) is 0 Å². The number of halogens is 1. The molecule has 5 heteroatoms. The molecule has 0 saturated carbocycles. The molecule has 0 aromatic carbocycles. The number of rotatable bonds is 3. The molecule has 3 nitrogen and oxygen atoms in total. The van der Waals surface area contributed by atoms with Gasteiger partial charge in [0.05, 0.1) is 10.7 Å². The van der Waals surface area contributed by atoms with Gasteiger partial charge in [0.25, 0.3) is 0 Å². The fourth-order valence-corrected chi connectivity index (χ4v) is 4.53. The van der Waals surface area contributed by atoms with Crippen LogP contribution in [0.5, 0.6) is 0 Å². The third-order valence-electron chi connectivity index (χ3n) is 4.67. The van der Waals surface area contributed by atoms with Crippen LogP contribution in [0, 0.1) is 19.8 Å². The summed E-state index contributed by atoms with van der Waals surface area (Å²) in [5.41, 5.74) is 1.24. The van der Waals surface area contributed by atoms with Crippen molar-refractivity contribution in [3.8, 4) is 0 Å². The third-order valence-corrected chi connectivity index (χ3v) is 5.72. The molecule has 0 bridgehead atoms. The van der Waals surface area contributed by atoms with Gasteiger partial charge in [0.1, 0.15) is 0 Å². The summed E-state index contributed by atoms with van der Waals surface area (Å²) in [6.07, 6.45) is 5.52. The molecule has 0 aliphatic carbocycles. The SMILES string of the molecule is Cc1nc(C)c(CN2CCC(C3CCCN3)CC2)s1.Cl. The first-order valence-corrected chi connectivity index (χ1v) is 8.42. The Morgan fingerprint density at radius 1 is 1.25 bits per heavy atom. The van der Waals surface area contributed by atoms with Crippen LogP contribution in [-0.4, -0.2) is 35.6 Å². The molecule has 114 valence electrons. The minimum atomic E-state index is 0. The number of likely N-dealkylation sites (tertiary alicyclic amines) is 1. The molecule has 2 aliphatic rings. The average Bonchev–Trinajstić information content (AvgIpc) is 3.01. The number of hydrogen-bond acceptors (Lipinski definition) is 4. The summed E-state index contributed by atoms with van der Waals surface area (Å²) in [6, 6.07) is 0.814. The van der Waals surface area contributed by atoms with Crippen molar-refractivity contribution in [1.82, 2.24) is 15.2 Å². The highest BCUT2D eigenvalue weighted by Gasteiger charge is 2.28. The third kappa shape index (κ3) is 3.73. The maximum Gasteiger partial charge on any atom is 0.0900 e. The van der Waals surface area contributed by atoms with Gasteiger partial charge in [-0.2, -0.15) is 0 Å². The normalized spacial score (nSPS) is 24.8. The largest absolute Gasteiger partial charge is 0.314 e. The summed E-state index contributed by atoms with van der Waals surface area (Å²) in [6.45, 7) is 9.14. The maximum atomic E-state index is 4.54. The molecule has 1 unspecified atom stereocenters. The van der Waals surface area contributed by atoms with Crippen LogP contribution in [0.2, 0.25) is 0 Å². The van der Waals surface area contributed by atoms with Crippen LogP contribution in [0.3, 0.4) is 0 Å². The van der Waals surface area contributed by atoms with Gasteiger partial charge in [-0.05, 0) is 65.1 Å². The zero-order valence-corrected chi connectivity index (χ0v) is 14.2. The van der Waals surface area contributed by atoms with E-state index in [1.165, 1.54) is 60.9 Å². The molecule has 3 rings (SSSR count). The Labute approximate surface area is 132 Å². The first-order valence-electron chi connectivity index (χ1n) is 7.61. The second-order valence-corrected chi connectivity index (χ2v) is 7.35. The lowest BCUT2D eigenvalue weighted by molar-refractivity contribution is 0.158. The van der Waals surface area contributed by atoms with E-state index >= 15 is 0 Å². The molecule has 3 heterocycles.